The van der Waals surface area contributed by atoms with Crippen LogP contribution in [0.5, 0.6) is 5.75 Å². The van der Waals surface area contributed by atoms with E-state index in [2.05, 4.69) is 32.6 Å². The van der Waals surface area contributed by atoms with E-state index in [0.29, 0.717) is 10.9 Å². The highest BCUT2D eigenvalue weighted by Gasteiger charge is 2.61. The predicted molar refractivity (Wildman–Crippen MR) is 168 cm³/mol. The van der Waals surface area contributed by atoms with Crippen molar-refractivity contribution in [1.29, 1.82) is 5.26 Å². The summed E-state index contributed by atoms with van der Waals surface area (Å²) in [5.41, 5.74) is -1.90. The smallest absolute Gasteiger partial charge is 0.341 e. The van der Waals surface area contributed by atoms with E-state index in [0.717, 1.165) is 6.07 Å². The number of methoxy groups -OCH3 is 2. The molecule has 4 atom stereocenters. The molecule has 3 aromatic carbocycles. The number of nitrogens with zero attached hydrogens (tertiary/aromatic N) is 1. The van der Waals surface area contributed by atoms with Gasteiger partial charge in [-0.05, 0) is 57.6 Å². The Labute approximate surface area is 272 Å². The number of hydrogen-bond donors (Lipinski definition) is 2. The number of ether oxygens (including phenoxy) is 2. The zero-order valence-corrected chi connectivity index (χ0v) is 27.6. The van der Waals surface area contributed by atoms with E-state index in [1.165, 1.54) is 56.7 Å². The van der Waals surface area contributed by atoms with Gasteiger partial charge in [0.2, 0.25) is 5.91 Å². The van der Waals surface area contributed by atoms with Gasteiger partial charge in [0, 0.05) is 33.1 Å². The molecule has 0 aromatic heterocycles. The number of amides is 1. The van der Waals surface area contributed by atoms with Gasteiger partial charge in [-0.1, -0.05) is 62.2 Å². The van der Waals surface area contributed by atoms with E-state index in [1.807, 2.05) is 20.8 Å². The van der Waals surface area contributed by atoms with Crippen molar-refractivity contribution >= 4 is 56.7 Å². The number of carbonyl (C=O) groups is 2. The average molecular weight is 709 g/mol. The molecule has 0 radical (unpaired) electrons. The molecule has 2 N–H and O–H groups in total. The monoisotopic (exact) mass is 707 g/mol. The highest BCUT2D eigenvalue weighted by Crippen LogP contribution is 2.53. The second-order valence-electron chi connectivity index (χ2n) is 11.7. The van der Waals surface area contributed by atoms with Crippen LogP contribution in [0.3, 0.4) is 0 Å². The first-order valence-electron chi connectivity index (χ1n) is 13.5. The molecule has 0 unspecified atom stereocenters. The van der Waals surface area contributed by atoms with E-state index < -0.39 is 52.3 Å². The van der Waals surface area contributed by atoms with Crippen molar-refractivity contribution in [2.45, 2.75) is 50.6 Å². The van der Waals surface area contributed by atoms with Crippen LogP contribution in [-0.2, 0) is 14.9 Å². The molecule has 3 aromatic rings. The number of anilines is 1. The normalized spacial score (nSPS) is 21.4. The fourth-order valence-electron chi connectivity index (χ4n) is 5.85. The van der Waals surface area contributed by atoms with Gasteiger partial charge < -0.3 is 20.1 Å². The molecular weight excluding hydrogens is 679 g/mol. The number of carbonyl (C=O) groups excluding carboxylic acids is 2. The highest BCUT2D eigenvalue weighted by atomic mass is 79.9. The Hall–Kier alpha value is -3.23. The molecule has 4 rings (SSSR count). The van der Waals surface area contributed by atoms with Crippen LogP contribution in [0.2, 0.25) is 10.0 Å². The molecule has 0 saturated carbocycles. The number of rotatable bonds is 7. The molecule has 1 aliphatic heterocycles. The number of nitriles is 1. The van der Waals surface area contributed by atoms with Gasteiger partial charge in [-0.15, -0.1) is 0 Å². The zero-order valence-electron chi connectivity index (χ0n) is 24.5. The molecule has 232 valence electrons. The van der Waals surface area contributed by atoms with Gasteiger partial charge >= 0.3 is 5.97 Å². The first-order valence-corrected chi connectivity index (χ1v) is 15.1. The lowest BCUT2D eigenvalue weighted by Crippen LogP contribution is -2.45. The van der Waals surface area contributed by atoms with Crippen molar-refractivity contribution in [3.63, 3.8) is 0 Å². The van der Waals surface area contributed by atoms with E-state index >= 15 is 8.78 Å². The van der Waals surface area contributed by atoms with Gasteiger partial charge in [-0.25, -0.2) is 13.6 Å². The lowest BCUT2D eigenvalue weighted by atomic mass is 9.62. The molecule has 1 amide bonds. The van der Waals surface area contributed by atoms with Crippen LogP contribution >= 0.6 is 39.1 Å². The van der Waals surface area contributed by atoms with Gasteiger partial charge in [0.25, 0.3) is 0 Å². The van der Waals surface area contributed by atoms with Gasteiger partial charge in [-0.3, -0.25) is 4.79 Å². The second-order valence-corrected chi connectivity index (χ2v) is 13.4. The molecule has 1 heterocycles. The lowest BCUT2D eigenvalue weighted by Gasteiger charge is -2.37. The third kappa shape index (κ3) is 6.29. The Bertz CT molecular complexity index is 1660. The zero-order chi connectivity index (χ0) is 32.6. The van der Waals surface area contributed by atoms with Crippen molar-refractivity contribution in [2.24, 2.45) is 5.41 Å². The minimum Gasteiger partial charge on any atom is -0.496 e. The fraction of sp³-hybridized carbons (Fsp3) is 0.344. The van der Waals surface area contributed by atoms with Crippen LogP contribution in [-0.4, -0.2) is 38.2 Å². The molecule has 1 saturated heterocycles. The molecule has 0 spiro atoms. The van der Waals surface area contributed by atoms with Crippen molar-refractivity contribution in [1.82, 2.24) is 5.32 Å². The first kappa shape index (κ1) is 33.7. The maximum absolute atomic E-state index is 15.9. The van der Waals surface area contributed by atoms with Crippen molar-refractivity contribution in [2.75, 3.05) is 19.5 Å². The molecule has 0 aliphatic carbocycles. The topological polar surface area (TPSA) is 100 Å². The Morgan fingerprint density at radius 3 is 2.43 bits per heavy atom. The largest absolute Gasteiger partial charge is 0.496 e. The number of halogens is 5. The fourth-order valence-corrected chi connectivity index (χ4v) is 6.64. The molecule has 44 heavy (non-hydrogen) atoms. The van der Waals surface area contributed by atoms with E-state index in [9.17, 15) is 14.9 Å². The average Bonchev–Trinajstić information content (AvgIpc) is 3.27. The Kier molecular flexibility index (Phi) is 9.96. The van der Waals surface area contributed by atoms with Crippen LogP contribution in [0.25, 0.3) is 0 Å². The predicted octanol–water partition coefficient (Wildman–Crippen LogP) is 7.79. The summed E-state index contributed by atoms with van der Waals surface area (Å²) in [4.78, 5) is 26.4. The van der Waals surface area contributed by atoms with E-state index in [-0.39, 0.29) is 38.2 Å². The maximum atomic E-state index is 15.9. The lowest BCUT2D eigenvalue weighted by molar-refractivity contribution is -0.118. The number of nitrogens with one attached hydrogen (secondary N) is 2. The summed E-state index contributed by atoms with van der Waals surface area (Å²) in [5.74, 6) is -4.00. The summed E-state index contributed by atoms with van der Waals surface area (Å²) in [5, 5.41) is 17.0. The van der Waals surface area contributed by atoms with Crippen molar-refractivity contribution < 1.29 is 27.8 Å². The molecule has 7 nitrogen and oxygen atoms in total. The first-order chi connectivity index (χ1) is 20.7. The van der Waals surface area contributed by atoms with Crippen LogP contribution in [0, 0.1) is 28.4 Å². The molecule has 0 bridgehead atoms. The van der Waals surface area contributed by atoms with Crippen molar-refractivity contribution in [3.8, 4) is 11.8 Å². The summed E-state index contributed by atoms with van der Waals surface area (Å²) < 4.78 is 42.2. The summed E-state index contributed by atoms with van der Waals surface area (Å²) in [6, 6.07) is 11.4. The second kappa shape index (κ2) is 13.0. The third-order valence-corrected chi connectivity index (χ3v) is 8.87. The summed E-state index contributed by atoms with van der Waals surface area (Å²) >= 11 is 15.7. The molecule has 12 heteroatoms. The molecule has 1 fully saturated rings. The summed E-state index contributed by atoms with van der Waals surface area (Å²) in [7, 11) is 2.59. The van der Waals surface area contributed by atoms with Gasteiger partial charge in [0.15, 0.2) is 0 Å². The molecular formula is C32H30BrCl2F2N3O4. The summed E-state index contributed by atoms with van der Waals surface area (Å²) in [6.45, 7) is 5.84. The standard InChI is InChI=1S/C32H30BrCl2F2N3O4/c1-31(2,3)14-25-32(15-38,19-10-9-16(34)11-22(19)36)26(17-7-6-8-21(35)27(17)37)28(40-25)29(41)39-23-13-24(43-4)18(12-20(23)33)30(42)44-5/h6-13,25-26,28,40H,14H2,1-5H3,(H,39,41)/t25-,26-,28+,32-/m0/s1. The van der Waals surface area contributed by atoms with E-state index in [4.69, 9.17) is 32.7 Å². The maximum Gasteiger partial charge on any atom is 0.341 e. The van der Waals surface area contributed by atoms with Crippen LogP contribution in [0.15, 0.2) is 53.0 Å². The van der Waals surface area contributed by atoms with Crippen molar-refractivity contribution in [3.05, 3.63) is 91.4 Å². The number of benzene rings is 3. The highest BCUT2D eigenvalue weighted by molar-refractivity contribution is 9.10. The Morgan fingerprint density at radius 2 is 1.84 bits per heavy atom. The molecule has 1 aliphatic rings. The number of hydrogen-bond acceptors (Lipinski definition) is 6. The van der Waals surface area contributed by atoms with Gasteiger partial charge in [-0.2, -0.15) is 5.26 Å². The Morgan fingerprint density at radius 1 is 1.14 bits per heavy atom. The SMILES string of the molecule is COC(=O)c1cc(Br)c(NC(=O)[C@@H]2N[C@@H](CC(C)(C)C)[C@](C#N)(c3ccc(Cl)cc3F)[C@H]2c2cccc(Cl)c2F)cc1OC. The Balaban J connectivity index is 1.94. The summed E-state index contributed by atoms with van der Waals surface area (Å²) in [6.07, 6.45) is 0.316. The quantitative estimate of drug-likeness (QED) is 0.243. The van der Waals surface area contributed by atoms with Gasteiger partial charge in [0.1, 0.15) is 28.4 Å². The number of esters is 1. The minimum absolute atomic E-state index is 0.0314. The van der Waals surface area contributed by atoms with E-state index in [1.54, 1.807) is 0 Å². The third-order valence-electron chi connectivity index (χ3n) is 7.68. The van der Waals surface area contributed by atoms with Crippen LogP contribution in [0.4, 0.5) is 14.5 Å². The minimum atomic E-state index is -1.78. The van der Waals surface area contributed by atoms with Crippen LogP contribution in [0.1, 0.15) is 54.6 Å². The van der Waals surface area contributed by atoms with Crippen LogP contribution < -0.4 is 15.4 Å². The van der Waals surface area contributed by atoms with Gasteiger partial charge in [0.05, 0.1) is 37.0 Å².